The number of amides is 1. The molecule has 23 heavy (non-hydrogen) atoms. The van der Waals surface area contributed by atoms with Crippen molar-refractivity contribution < 1.29 is 13.9 Å². The van der Waals surface area contributed by atoms with Crippen LogP contribution in [0.2, 0.25) is 5.15 Å². The second-order valence-electron chi connectivity index (χ2n) is 5.59. The Bertz CT molecular complexity index is 887. The number of nitrogens with zero attached hydrogens (tertiary/aromatic N) is 2. The van der Waals surface area contributed by atoms with Crippen LogP contribution in [0.5, 0.6) is 5.75 Å². The van der Waals surface area contributed by atoms with Crippen LogP contribution in [0.4, 0.5) is 10.1 Å². The van der Waals surface area contributed by atoms with Crippen molar-refractivity contribution in [2.24, 2.45) is 0 Å². The van der Waals surface area contributed by atoms with Gasteiger partial charge in [0.25, 0.3) is 11.5 Å². The van der Waals surface area contributed by atoms with Crippen LogP contribution in [-0.2, 0) is 17.9 Å². The van der Waals surface area contributed by atoms with Gasteiger partial charge in [-0.2, -0.15) is 0 Å². The summed E-state index contributed by atoms with van der Waals surface area (Å²) in [5, 5.41) is 2.83. The van der Waals surface area contributed by atoms with Crippen molar-refractivity contribution in [1.29, 1.82) is 0 Å². The van der Waals surface area contributed by atoms with Crippen LogP contribution in [0.1, 0.15) is 12.8 Å². The molecule has 1 aromatic carbocycles. The molecule has 1 aromatic heterocycles. The number of hydrogen-bond donors (Lipinski definition) is 1. The highest BCUT2D eigenvalue weighted by Gasteiger charge is 2.26. The summed E-state index contributed by atoms with van der Waals surface area (Å²) >= 11 is 6.32. The molecule has 4 rings (SSSR count). The highest BCUT2D eigenvalue weighted by molar-refractivity contribution is 6.32. The van der Waals surface area contributed by atoms with Crippen molar-refractivity contribution in [2.45, 2.75) is 25.9 Å². The molecule has 2 aliphatic rings. The highest BCUT2D eigenvalue weighted by atomic mass is 35.5. The van der Waals surface area contributed by atoms with Crippen molar-refractivity contribution in [1.82, 2.24) is 9.36 Å². The van der Waals surface area contributed by atoms with Crippen molar-refractivity contribution in [3.05, 3.63) is 33.5 Å². The predicted molar refractivity (Wildman–Crippen MR) is 82.5 cm³/mol. The van der Waals surface area contributed by atoms with Gasteiger partial charge in [0.2, 0.25) is 0 Å². The number of anilines is 1. The zero-order valence-electron chi connectivity index (χ0n) is 12.1. The van der Waals surface area contributed by atoms with Crippen LogP contribution in [0, 0.1) is 5.82 Å². The minimum Gasteiger partial charge on any atom is -0.481 e. The number of ether oxygens (including phenoxy) is 1. The zero-order chi connectivity index (χ0) is 16.1. The maximum atomic E-state index is 14.5. The summed E-state index contributed by atoms with van der Waals surface area (Å²) in [6.45, 7) is 1.03. The largest absolute Gasteiger partial charge is 0.481 e. The molecule has 8 heteroatoms. The number of carbonyl (C=O) groups excluding carboxylic acids is 1. The summed E-state index contributed by atoms with van der Waals surface area (Å²) in [6.07, 6.45) is 1.81. The molecule has 0 bridgehead atoms. The Hall–Kier alpha value is -2.28. The molecular weight excluding hydrogens is 325 g/mol. The molecular formula is C15H13ClFN3O3. The standard InChI is InChI=1S/C15H13ClFN3O3/c16-14-13(15(22)20-4-2-1-3-19(14)20)8-5-10-11(6-9(8)17)23-7-12(21)18-10/h5-6H,1-4,7H2,(H,18,21). The SMILES string of the molecule is O=C1COc2cc(F)c(-c3c(Cl)n4n(c3=O)CCCC4)cc2N1. The predicted octanol–water partition coefficient (Wildman–Crippen LogP) is 2.23. The van der Waals surface area contributed by atoms with Gasteiger partial charge in [-0.3, -0.25) is 14.3 Å². The number of hydrogen-bond acceptors (Lipinski definition) is 3. The normalized spacial score (nSPS) is 16.3. The second kappa shape index (κ2) is 5.13. The monoisotopic (exact) mass is 337 g/mol. The van der Waals surface area contributed by atoms with E-state index in [2.05, 4.69) is 5.32 Å². The van der Waals surface area contributed by atoms with Crippen molar-refractivity contribution in [2.75, 3.05) is 11.9 Å². The molecule has 0 saturated heterocycles. The average molecular weight is 338 g/mol. The maximum Gasteiger partial charge on any atom is 0.276 e. The van der Waals surface area contributed by atoms with Crippen LogP contribution < -0.4 is 15.6 Å². The van der Waals surface area contributed by atoms with Crippen LogP contribution in [0.25, 0.3) is 11.1 Å². The van der Waals surface area contributed by atoms with Crippen molar-refractivity contribution in [3.8, 4) is 16.9 Å². The summed E-state index contributed by atoms with van der Waals surface area (Å²) in [4.78, 5) is 24.0. The quantitative estimate of drug-likeness (QED) is 0.868. The van der Waals surface area contributed by atoms with Crippen LogP contribution >= 0.6 is 11.6 Å². The number of carbonyl (C=O) groups is 1. The number of aromatic nitrogens is 2. The van der Waals surface area contributed by atoms with E-state index in [-0.39, 0.29) is 40.1 Å². The molecule has 0 spiro atoms. The van der Waals surface area contributed by atoms with Gasteiger partial charge in [-0.1, -0.05) is 11.6 Å². The summed E-state index contributed by atoms with van der Waals surface area (Å²) in [5.41, 5.74) is 0.200. The molecule has 2 aliphatic heterocycles. The number of rotatable bonds is 1. The van der Waals surface area contributed by atoms with E-state index < -0.39 is 5.82 Å². The van der Waals surface area contributed by atoms with Crippen LogP contribution in [0.3, 0.4) is 0 Å². The summed E-state index contributed by atoms with van der Waals surface area (Å²) in [5.74, 6) is -0.692. The van der Waals surface area contributed by atoms with Gasteiger partial charge in [0.1, 0.15) is 16.7 Å². The molecule has 0 atom stereocenters. The van der Waals surface area contributed by atoms with E-state index in [0.29, 0.717) is 18.8 Å². The van der Waals surface area contributed by atoms with E-state index in [4.69, 9.17) is 16.3 Å². The molecule has 0 saturated carbocycles. The molecule has 120 valence electrons. The van der Waals surface area contributed by atoms with Crippen molar-refractivity contribution in [3.63, 3.8) is 0 Å². The first-order valence-electron chi connectivity index (χ1n) is 7.32. The molecule has 0 unspecified atom stereocenters. The number of fused-ring (bicyclic) bond motifs is 2. The lowest BCUT2D eigenvalue weighted by atomic mass is 10.1. The lowest BCUT2D eigenvalue weighted by molar-refractivity contribution is -0.118. The number of benzene rings is 1. The van der Waals surface area contributed by atoms with E-state index in [1.807, 2.05) is 0 Å². The molecule has 3 heterocycles. The Kier molecular flexibility index (Phi) is 3.19. The molecule has 2 aromatic rings. The average Bonchev–Trinajstić information content (AvgIpc) is 2.79. The fourth-order valence-electron chi connectivity index (χ4n) is 3.05. The maximum absolute atomic E-state index is 14.5. The van der Waals surface area contributed by atoms with E-state index in [1.165, 1.54) is 16.8 Å². The first-order chi connectivity index (χ1) is 11.1. The fourth-order valence-corrected chi connectivity index (χ4v) is 3.40. The molecule has 6 nitrogen and oxygen atoms in total. The zero-order valence-corrected chi connectivity index (χ0v) is 12.8. The van der Waals surface area contributed by atoms with Gasteiger partial charge >= 0.3 is 0 Å². The van der Waals surface area contributed by atoms with Gasteiger partial charge in [-0.25, -0.2) is 9.07 Å². The van der Waals surface area contributed by atoms with Gasteiger partial charge in [-0.05, 0) is 18.9 Å². The van der Waals surface area contributed by atoms with Gasteiger partial charge < -0.3 is 10.1 Å². The summed E-state index contributed by atoms with van der Waals surface area (Å²) in [7, 11) is 0. The lowest BCUT2D eigenvalue weighted by Crippen LogP contribution is -2.27. The molecule has 0 fully saturated rings. The Labute approximate surface area is 135 Å². The van der Waals surface area contributed by atoms with Gasteiger partial charge in [0.15, 0.2) is 6.61 Å². The van der Waals surface area contributed by atoms with Crippen LogP contribution in [0.15, 0.2) is 16.9 Å². The molecule has 0 aliphatic carbocycles. The minimum absolute atomic E-state index is 0.0685. The van der Waals surface area contributed by atoms with Crippen molar-refractivity contribution >= 4 is 23.2 Å². The molecule has 0 radical (unpaired) electrons. The highest BCUT2D eigenvalue weighted by Crippen LogP contribution is 2.37. The summed E-state index contributed by atoms with van der Waals surface area (Å²) < 4.78 is 22.9. The minimum atomic E-state index is -0.609. The third-order valence-electron chi connectivity index (χ3n) is 4.13. The van der Waals surface area contributed by atoms with E-state index in [0.717, 1.165) is 12.8 Å². The third kappa shape index (κ3) is 2.15. The van der Waals surface area contributed by atoms with E-state index in [9.17, 15) is 14.0 Å². The topological polar surface area (TPSA) is 65.3 Å². The summed E-state index contributed by atoms with van der Waals surface area (Å²) in [6, 6.07) is 2.57. The van der Waals surface area contributed by atoms with E-state index in [1.54, 1.807) is 4.68 Å². The fraction of sp³-hybridized carbons (Fsp3) is 0.333. The number of nitrogens with one attached hydrogen (secondary N) is 1. The van der Waals surface area contributed by atoms with Gasteiger partial charge in [0.05, 0.1) is 11.3 Å². The Morgan fingerprint density at radius 2 is 1.91 bits per heavy atom. The second-order valence-corrected chi connectivity index (χ2v) is 5.95. The van der Waals surface area contributed by atoms with Crippen LogP contribution in [-0.4, -0.2) is 21.9 Å². The molecule has 1 amide bonds. The lowest BCUT2D eigenvalue weighted by Gasteiger charge is -2.19. The Morgan fingerprint density at radius 1 is 1.17 bits per heavy atom. The number of halogens is 2. The smallest absolute Gasteiger partial charge is 0.276 e. The molecule has 1 N–H and O–H groups in total. The first kappa shape index (κ1) is 14.3. The Morgan fingerprint density at radius 3 is 2.65 bits per heavy atom. The van der Waals surface area contributed by atoms with E-state index >= 15 is 0 Å². The third-order valence-corrected chi connectivity index (χ3v) is 4.52. The first-order valence-corrected chi connectivity index (χ1v) is 7.69. The van der Waals surface area contributed by atoms with Gasteiger partial charge in [0, 0.05) is 24.7 Å². The Balaban J connectivity index is 1.92. The van der Waals surface area contributed by atoms with Gasteiger partial charge in [-0.15, -0.1) is 0 Å².